The van der Waals surface area contributed by atoms with Crippen molar-refractivity contribution in [3.8, 4) is 11.3 Å². The fourth-order valence-corrected chi connectivity index (χ4v) is 2.31. The first-order valence-electron chi connectivity index (χ1n) is 7.47. The fourth-order valence-electron chi connectivity index (χ4n) is 2.31. The molecule has 1 N–H and O–H groups in total. The summed E-state index contributed by atoms with van der Waals surface area (Å²) in [4.78, 5) is 8.70. The lowest BCUT2D eigenvalue weighted by Gasteiger charge is -2.09. The highest BCUT2D eigenvalue weighted by atomic mass is 15.0. The Balaban J connectivity index is 1.89. The smallest absolute Gasteiger partial charge is 0.134 e. The zero-order valence-electron chi connectivity index (χ0n) is 12.8. The molecule has 110 valence electrons. The zero-order valence-corrected chi connectivity index (χ0v) is 12.8. The van der Waals surface area contributed by atoms with Crippen LogP contribution in [0.2, 0.25) is 0 Å². The number of anilines is 2. The third kappa shape index (κ3) is 3.31. The van der Waals surface area contributed by atoms with E-state index < -0.39 is 0 Å². The van der Waals surface area contributed by atoms with Crippen LogP contribution in [-0.4, -0.2) is 9.97 Å². The average Bonchev–Trinajstić information content (AvgIpc) is 2.56. The molecule has 2 aromatic carbocycles. The van der Waals surface area contributed by atoms with Crippen LogP contribution in [0.1, 0.15) is 25.3 Å². The van der Waals surface area contributed by atoms with Gasteiger partial charge in [-0.2, -0.15) is 0 Å². The van der Waals surface area contributed by atoms with Crippen molar-refractivity contribution in [3.05, 3.63) is 72.6 Å². The third-order valence-electron chi connectivity index (χ3n) is 3.56. The third-order valence-corrected chi connectivity index (χ3v) is 3.56. The molecule has 3 nitrogen and oxygen atoms in total. The van der Waals surface area contributed by atoms with E-state index in [2.05, 4.69) is 53.4 Å². The summed E-state index contributed by atoms with van der Waals surface area (Å²) in [5, 5.41) is 3.30. The summed E-state index contributed by atoms with van der Waals surface area (Å²) < 4.78 is 0. The molecule has 0 aliphatic carbocycles. The van der Waals surface area contributed by atoms with Crippen LogP contribution in [0.5, 0.6) is 0 Å². The second kappa shape index (κ2) is 6.39. The van der Waals surface area contributed by atoms with E-state index in [4.69, 9.17) is 0 Å². The molecule has 3 aromatic rings. The molecule has 22 heavy (non-hydrogen) atoms. The molecule has 3 rings (SSSR count). The van der Waals surface area contributed by atoms with E-state index in [0.717, 1.165) is 22.8 Å². The lowest BCUT2D eigenvalue weighted by atomic mass is 10.00. The minimum absolute atomic E-state index is 0.503. The van der Waals surface area contributed by atoms with Crippen LogP contribution < -0.4 is 5.32 Å². The lowest BCUT2D eigenvalue weighted by Crippen LogP contribution is -1.96. The molecule has 0 unspecified atom stereocenters. The average molecular weight is 289 g/mol. The van der Waals surface area contributed by atoms with Crippen LogP contribution in [0.15, 0.2) is 67.0 Å². The van der Waals surface area contributed by atoms with Crippen LogP contribution >= 0.6 is 0 Å². The topological polar surface area (TPSA) is 37.8 Å². The summed E-state index contributed by atoms with van der Waals surface area (Å²) in [6, 6.07) is 20.5. The van der Waals surface area contributed by atoms with Gasteiger partial charge in [0, 0.05) is 17.3 Å². The molecule has 1 heterocycles. The molecule has 0 saturated heterocycles. The Morgan fingerprint density at radius 1 is 0.864 bits per heavy atom. The number of aromatic nitrogens is 2. The second-order valence-corrected chi connectivity index (χ2v) is 5.56. The Kier molecular flexibility index (Phi) is 4.15. The highest BCUT2D eigenvalue weighted by molar-refractivity contribution is 5.65. The summed E-state index contributed by atoms with van der Waals surface area (Å²) in [6.07, 6.45) is 1.60. The van der Waals surface area contributed by atoms with Crippen molar-refractivity contribution in [1.29, 1.82) is 0 Å². The lowest BCUT2D eigenvalue weighted by molar-refractivity contribution is 0.867. The summed E-state index contributed by atoms with van der Waals surface area (Å²) >= 11 is 0. The van der Waals surface area contributed by atoms with Gasteiger partial charge in [-0.3, -0.25) is 0 Å². The first kappa shape index (κ1) is 14.3. The van der Waals surface area contributed by atoms with E-state index in [1.54, 1.807) is 6.33 Å². The fraction of sp³-hybridized carbons (Fsp3) is 0.158. The van der Waals surface area contributed by atoms with Gasteiger partial charge >= 0.3 is 0 Å². The Morgan fingerprint density at radius 2 is 1.68 bits per heavy atom. The molecule has 0 aliphatic rings. The number of hydrogen-bond acceptors (Lipinski definition) is 3. The summed E-state index contributed by atoms with van der Waals surface area (Å²) in [7, 11) is 0. The molecule has 0 amide bonds. The van der Waals surface area contributed by atoms with Gasteiger partial charge in [-0.05, 0) is 29.7 Å². The maximum absolute atomic E-state index is 4.40. The van der Waals surface area contributed by atoms with Gasteiger partial charge < -0.3 is 5.32 Å². The van der Waals surface area contributed by atoms with Crippen LogP contribution in [-0.2, 0) is 0 Å². The summed E-state index contributed by atoms with van der Waals surface area (Å²) in [6.45, 7) is 4.39. The Morgan fingerprint density at radius 3 is 2.45 bits per heavy atom. The minimum Gasteiger partial charge on any atom is -0.340 e. The number of nitrogens with zero attached hydrogens (tertiary/aromatic N) is 2. The van der Waals surface area contributed by atoms with E-state index in [-0.39, 0.29) is 0 Å². The van der Waals surface area contributed by atoms with Gasteiger partial charge in [-0.15, -0.1) is 0 Å². The van der Waals surface area contributed by atoms with Gasteiger partial charge in [0.2, 0.25) is 0 Å². The van der Waals surface area contributed by atoms with Crippen LogP contribution in [0.4, 0.5) is 11.5 Å². The molecular formula is C19H19N3. The SMILES string of the molecule is CC(C)c1cccc(-c2cc(Nc3ccccc3)ncn2)c1. The molecule has 1 aromatic heterocycles. The van der Waals surface area contributed by atoms with Gasteiger partial charge in [-0.1, -0.05) is 50.2 Å². The van der Waals surface area contributed by atoms with Crippen LogP contribution in [0, 0.1) is 0 Å². The molecule has 0 bridgehead atoms. The highest BCUT2D eigenvalue weighted by Crippen LogP contribution is 2.24. The van der Waals surface area contributed by atoms with Crippen molar-refractivity contribution in [2.45, 2.75) is 19.8 Å². The number of benzene rings is 2. The minimum atomic E-state index is 0.503. The maximum atomic E-state index is 4.40. The predicted molar refractivity (Wildman–Crippen MR) is 91.3 cm³/mol. The van der Waals surface area contributed by atoms with Gasteiger partial charge in [0.15, 0.2) is 0 Å². The van der Waals surface area contributed by atoms with Crippen molar-refractivity contribution >= 4 is 11.5 Å². The van der Waals surface area contributed by atoms with Crippen LogP contribution in [0.25, 0.3) is 11.3 Å². The number of para-hydroxylation sites is 1. The van der Waals surface area contributed by atoms with Crippen molar-refractivity contribution < 1.29 is 0 Å². The molecule has 0 fully saturated rings. The Bertz CT molecular complexity index is 751. The van der Waals surface area contributed by atoms with Crippen molar-refractivity contribution in [2.75, 3.05) is 5.32 Å². The number of rotatable bonds is 4. The normalized spacial score (nSPS) is 10.7. The molecule has 0 spiro atoms. The standard InChI is InChI=1S/C19H19N3/c1-14(2)15-7-6-8-16(11-15)18-12-19(21-13-20-18)22-17-9-4-3-5-10-17/h3-14H,1-2H3,(H,20,21,22). The van der Waals surface area contributed by atoms with E-state index in [0.29, 0.717) is 5.92 Å². The largest absolute Gasteiger partial charge is 0.340 e. The van der Waals surface area contributed by atoms with E-state index >= 15 is 0 Å². The molecule has 0 radical (unpaired) electrons. The molecular weight excluding hydrogens is 270 g/mol. The highest BCUT2D eigenvalue weighted by Gasteiger charge is 2.05. The van der Waals surface area contributed by atoms with Gasteiger partial charge in [0.05, 0.1) is 5.69 Å². The molecule has 0 aliphatic heterocycles. The summed E-state index contributed by atoms with van der Waals surface area (Å²) in [5.41, 5.74) is 4.37. The molecule has 3 heteroatoms. The first-order chi connectivity index (χ1) is 10.7. The van der Waals surface area contributed by atoms with Gasteiger partial charge in [0.1, 0.15) is 12.1 Å². The number of hydrogen-bond donors (Lipinski definition) is 1. The molecule has 0 saturated carbocycles. The Labute approximate surface area is 131 Å². The van der Waals surface area contributed by atoms with Crippen molar-refractivity contribution in [1.82, 2.24) is 9.97 Å². The van der Waals surface area contributed by atoms with E-state index in [1.165, 1.54) is 5.56 Å². The summed E-state index contributed by atoms with van der Waals surface area (Å²) in [5.74, 6) is 1.30. The predicted octanol–water partition coefficient (Wildman–Crippen LogP) is 5.01. The first-order valence-corrected chi connectivity index (χ1v) is 7.47. The van der Waals surface area contributed by atoms with E-state index in [9.17, 15) is 0 Å². The number of nitrogens with one attached hydrogen (secondary N) is 1. The Hall–Kier alpha value is -2.68. The zero-order chi connectivity index (χ0) is 15.4. The second-order valence-electron chi connectivity index (χ2n) is 5.56. The van der Waals surface area contributed by atoms with E-state index in [1.807, 2.05) is 36.4 Å². The quantitative estimate of drug-likeness (QED) is 0.733. The van der Waals surface area contributed by atoms with Gasteiger partial charge in [-0.25, -0.2) is 9.97 Å². The van der Waals surface area contributed by atoms with Crippen LogP contribution in [0.3, 0.4) is 0 Å². The van der Waals surface area contributed by atoms with Crippen molar-refractivity contribution in [2.24, 2.45) is 0 Å². The molecule has 0 atom stereocenters. The van der Waals surface area contributed by atoms with Crippen molar-refractivity contribution in [3.63, 3.8) is 0 Å². The maximum Gasteiger partial charge on any atom is 0.134 e. The van der Waals surface area contributed by atoms with Gasteiger partial charge in [0.25, 0.3) is 0 Å². The monoisotopic (exact) mass is 289 g/mol.